The van der Waals surface area contributed by atoms with Crippen LogP contribution < -0.4 is 4.74 Å². The second kappa shape index (κ2) is 6.60. The second-order valence-corrected chi connectivity index (χ2v) is 3.57. The number of benzene rings is 2. The zero-order valence-corrected chi connectivity index (χ0v) is 9.01. The molecule has 0 aliphatic rings. The molecule has 0 amide bonds. The van der Waals surface area contributed by atoms with Crippen molar-refractivity contribution >= 4 is 35.5 Å². The molecule has 0 aliphatic heterocycles. The number of esters is 1. The van der Waals surface area contributed by atoms with E-state index < -0.39 is 0 Å². The van der Waals surface area contributed by atoms with Crippen LogP contribution in [0, 0.1) is 6.92 Å². The van der Waals surface area contributed by atoms with Gasteiger partial charge in [0.15, 0.2) is 0 Å². The zero-order valence-electron chi connectivity index (χ0n) is 9.01. The number of aryl methyl sites for hydroxylation is 1. The molecule has 2 nitrogen and oxygen atoms in total. The summed E-state index contributed by atoms with van der Waals surface area (Å²) in [6.07, 6.45) is 0. The van der Waals surface area contributed by atoms with Crippen LogP contribution in [0.15, 0.2) is 54.6 Å². The summed E-state index contributed by atoms with van der Waals surface area (Å²) in [5, 5.41) is 0. The van der Waals surface area contributed by atoms with Crippen molar-refractivity contribution in [3.8, 4) is 5.75 Å². The minimum atomic E-state index is -0.328. The van der Waals surface area contributed by atoms with E-state index in [1.54, 1.807) is 18.2 Å². The van der Waals surface area contributed by atoms with E-state index in [0.29, 0.717) is 11.3 Å². The zero-order chi connectivity index (χ0) is 11.4. The van der Waals surface area contributed by atoms with Gasteiger partial charge in [0.2, 0.25) is 0 Å². The van der Waals surface area contributed by atoms with Crippen LogP contribution in [0.4, 0.5) is 0 Å². The van der Waals surface area contributed by atoms with Crippen molar-refractivity contribution in [2.75, 3.05) is 0 Å². The van der Waals surface area contributed by atoms with Crippen molar-refractivity contribution in [2.45, 2.75) is 6.92 Å². The first-order valence-electron chi connectivity index (χ1n) is 5.09. The minimum absolute atomic E-state index is 0. The Morgan fingerprint density at radius 2 is 1.71 bits per heavy atom. The van der Waals surface area contributed by atoms with Gasteiger partial charge in [-0.05, 0) is 36.8 Å². The van der Waals surface area contributed by atoms with Crippen molar-refractivity contribution < 1.29 is 9.53 Å². The summed E-state index contributed by atoms with van der Waals surface area (Å²) >= 11 is 0. The van der Waals surface area contributed by atoms with E-state index in [1.807, 2.05) is 43.3 Å². The molecule has 3 heteroatoms. The van der Waals surface area contributed by atoms with Gasteiger partial charge in [-0.3, -0.25) is 0 Å². The molecule has 0 atom stereocenters. The van der Waals surface area contributed by atoms with E-state index in [2.05, 4.69) is 0 Å². The van der Waals surface area contributed by atoms with Crippen LogP contribution in [0.5, 0.6) is 5.75 Å². The van der Waals surface area contributed by atoms with Gasteiger partial charge in [0.25, 0.3) is 0 Å². The van der Waals surface area contributed by atoms with E-state index in [9.17, 15) is 4.79 Å². The molecule has 2 aromatic rings. The van der Waals surface area contributed by atoms with Crippen molar-refractivity contribution in [2.24, 2.45) is 0 Å². The monoisotopic (exact) mass is 236 g/mol. The van der Waals surface area contributed by atoms with Crippen molar-refractivity contribution in [1.82, 2.24) is 0 Å². The Balaban J connectivity index is 0.00000144. The van der Waals surface area contributed by atoms with Crippen molar-refractivity contribution in [1.29, 1.82) is 0 Å². The molecule has 0 fully saturated rings. The molecular formula is C14H13NaO2. The second-order valence-electron chi connectivity index (χ2n) is 3.57. The standard InChI is InChI=1S/C14H12O2.Na.H/c1-11-6-5-9-13(10-11)16-14(15)12-7-3-2-4-8-12;;/h2-10H,1H3;;. The van der Waals surface area contributed by atoms with Gasteiger partial charge < -0.3 is 4.74 Å². The average molecular weight is 236 g/mol. The first-order valence-corrected chi connectivity index (χ1v) is 5.09. The summed E-state index contributed by atoms with van der Waals surface area (Å²) in [6, 6.07) is 16.4. The average Bonchev–Trinajstić information content (AvgIpc) is 2.30. The molecular weight excluding hydrogens is 223 g/mol. The number of carbonyl (C=O) groups excluding carboxylic acids is 1. The third-order valence-corrected chi connectivity index (χ3v) is 2.21. The quantitative estimate of drug-likeness (QED) is 0.455. The van der Waals surface area contributed by atoms with E-state index in [1.165, 1.54) is 0 Å². The summed E-state index contributed by atoms with van der Waals surface area (Å²) in [4.78, 5) is 11.7. The molecule has 17 heavy (non-hydrogen) atoms. The van der Waals surface area contributed by atoms with Gasteiger partial charge in [-0.25, -0.2) is 4.79 Å². The van der Waals surface area contributed by atoms with Gasteiger partial charge in [-0.1, -0.05) is 30.3 Å². The summed E-state index contributed by atoms with van der Waals surface area (Å²) in [5.74, 6) is 0.250. The Kier molecular flexibility index (Phi) is 5.42. The fourth-order valence-corrected chi connectivity index (χ4v) is 1.42. The molecule has 2 aromatic carbocycles. The molecule has 0 aromatic heterocycles. The van der Waals surface area contributed by atoms with Gasteiger partial charge in [0, 0.05) is 0 Å². The van der Waals surface area contributed by atoms with Gasteiger partial charge >= 0.3 is 35.5 Å². The van der Waals surface area contributed by atoms with Gasteiger partial charge in [-0.15, -0.1) is 0 Å². The predicted octanol–water partition coefficient (Wildman–Crippen LogP) is 2.57. The maximum absolute atomic E-state index is 11.7. The normalized spacial score (nSPS) is 9.24. The molecule has 0 radical (unpaired) electrons. The number of carbonyl (C=O) groups is 1. The molecule has 2 rings (SSSR count). The molecule has 0 saturated heterocycles. The summed E-state index contributed by atoms with van der Waals surface area (Å²) < 4.78 is 5.24. The molecule has 0 spiro atoms. The van der Waals surface area contributed by atoms with Crippen LogP contribution in [0.25, 0.3) is 0 Å². The van der Waals surface area contributed by atoms with E-state index in [0.717, 1.165) is 5.56 Å². The molecule has 0 bridgehead atoms. The van der Waals surface area contributed by atoms with Crippen LogP contribution in [0.2, 0.25) is 0 Å². The third kappa shape index (κ3) is 4.00. The Hall–Kier alpha value is -1.09. The van der Waals surface area contributed by atoms with Gasteiger partial charge in [0.1, 0.15) is 5.75 Å². The summed E-state index contributed by atoms with van der Waals surface area (Å²) in [7, 11) is 0. The Bertz CT molecular complexity index is 495. The predicted molar refractivity (Wildman–Crippen MR) is 69.7 cm³/mol. The Morgan fingerprint density at radius 1 is 1.00 bits per heavy atom. The Labute approximate surface area is 123 Å². The molecule has 0 saturated carbocycles. The molecule has 0 N–H and O–H groups in total. The number of ether oxygens (including phenoxy) is 1. The van der Waals surface area contributed by atoms with Crippen LogP contribution in [0.3, 0.4) is 0 Å². The topological polar surface area (TPSA) is 26.3 Å². The number of hydrogen-bond acceptors (Lipinski definition) is 2. The van der Waals surface area contributed by atoms with Crippen LogP contribution in [-0.4, -0.2) is 35.5 Å². The fourth-order valence-electron chi connectivity index (χ4n) is 1.42. The van der Waals surface area contributed by atoms with E-state index in [4.69, 9.17) is 4.74 Å². The maximum atomic E-state index is 11.7. The number of hydrogen-bond donors (Lipinski definition) is 0. The Morgan fingerprint density at radius 3 is 2.35 bits per heavy atom. The SMILES string of the molecule is Cc1cccc(OC(=O)c2ccccc2)c1.[NaH]. The van der Waals surface area contributed by atoms with Crippen LogP contribution in [-0.2, 0) is 0 Å². The van der Waals surface area contributed by atoms with Crippen LogP contribution >= 0.6 is 0 Å². The van der Waals surface area contributed by atoms with Crippen molar-refractivity contribution in [3.05, 3.63) is 65.7 Å². The first kappa shape index (κ1) is 14.0. The fraction of sp³-hybridized carbons (Fsp3) is 0.0714. The summed E-state index contributed by atoms with van der Waals surface area (Å²) in [5.41, 5.74) is 1.63. The number of rotatable bonds is 2. The molecule has 0 aliphatic carbocycles. The summed E-state index contributed by atoms with van der Waals surface area (Å²) in [6.45, 7) is 1.96. The van der Waals surface area contributed by atoms with E-state index in [-0.39, 0.29) is 35.5 Å². The van der Waals surface area contributed by atoms with Gasteiger partial charge in [-0.2, -0.15) is 0 Å². The molecule has 0 unspecified atom stereocenters. The molecule has 0 heterocycles. The van der Waals surface area contributed by atoms with Crippen molar-refractivity contribution in [3.63, 3.8) is 0 Å². The van der Waals surface area contributed by atoms with Crippen LogP contribution in [0.1, 0.15) is 15.9 Å². The first-order chi connectivity index (χ1) is 7.75. The molecule has 82 valence electrons. The van der Waals surface area contributed by atoms with Gasteiger partial charge in [0.05, 0.1) is 5.56 Å². The van der Waals surface area contributed by atoms with E-state index >= 15 is 0 Å². The third-order valence-electron chi connectivity index (χ3n) is 2.21.